The first-order valence-corrected chi connectivity index (χ1v) is 8.99. The predicted octanol–water partition coefficient (Wildman–Crippen LogP) is 1.84. The maximum atomic E-state index is 12.7. The van der Waals surface area contributed by atoms with Crippen molar-refractivity contribution in [1.82, 2.24) is 15.1 Å². The summed E-state index contributed by atoms with van der Waals surface area (Å²) in [5, 5.41) is 2.89. The summed E-state index contributed by atoms with van der Waals surface area (Å²) >= 11 is 0. The molecule has 0 radical (unpaired) electrons. The van der Waals surface area contributed by atoms with Gasteiger partial charge >= 0.3 is 0 Å². The molecule has 0 spiro atoms. The number of carbonyl (C=O) groups is 3. The average molecular weight is 365 g/mol. The average Bonchev–Trinajstić information content (AvgIpc) is 2.71. The van der Waals surface area contributed by atoms with Gasteiger partial charge in [0, 0.05) is 43.9 Å². The van der Waals surface area contributed by atoms with Crippen molar-refractivity contribution in [2.24, 2.45) is 0 Å². The Hall–Kier alpha value is -3.15. The van der Waals surface area contributed by atoms with Gasteiger partial charge in [0.25, 0.3) is 11.8 Å². The van der Waals surface area contributed by atoms with E-state index in [0.29, 0.717) is 43.9 Å². The second kappa shape index (κ2) is 8.49. The van der Waals surface area contributed by atoms with Crippen LogP contribution in [0.4, 0.5) is 0 Å². The summed E-state index contributed by atoms with van der Waals surface area (Å²) in [4.78, 5) is 39.3. The zero-order chi connectivity index (χ0) is 19.2. The molecule has 0 aliphatic carbocycles. The van der Waals surface area contributed by atoms with Crippen LogP contribution in [0.25, 0.3) is 0 Å². The highest BCUT2D eigenvalue weighted by molar-refractivity contribution is 5.99. The van der Waals surface area contributed by atoms with Crippen LogP contribution in [0.15, 0.2) is 48.5 Å². The zero-order valence-electron chi connectivity index (χ0n) is 15.4. The molecule has 0 unspecified atom stereocenters. The van der Waals surface area contributed by atoms with Crippen LogP contribution in [-0.4, -0.2) is 54.2 Å². The highest BCUT2D eigenvalue weighted by Gasteiger charge is 2.21. The zero-order valence-corrected chi connectivity index (χ0v) is 15.4. The summed E-state index contributed by atoms with van der Waals surface area (Å²) in [6.07, 6.45) is 0.807. The van der Waals surface area contributed by atoms with Gasteiger partial charge in [-0.05, 0) is 30.7 Å². The smallest absolute Gasteiger partial charge is 0.253 e. The van der Waals surface area contributed by atoms with E-state index in [-0.39, 0.29) is 11.8 Å². The second-order valence-electron chi connectivity index (χ2n) is 6.69. The number of carbonyl (C=O) groups excluding carboxylic acids is 3. The van der Waals surface area contributed by atoms with Gasteiger partial charge in [0.05, 0.1) is 0 Å². The Morgan fingerprint density at radius 1 is 1.00 bits per heavy atom. The number of piperazine rings is 1. The monoisotopic (exact) mass is 365 g/mol. The van der Waals surface area contributed by atoms with E-state index in [4.69, 9.17) is 0 Å². The van der Waals surface area contributed by atoms with Gasteiger partial charge in [-0.15, -0.1) is 0 Å². The minimum atomic E-state index is -0.211. The quantitative estimate of drug-likeness (QED) is 0.822. The van der Waals surface area contributed by atoms with Gasteiger partial charge < -0.3 is 15.1 Å². The number of aryl methyl sites for hydroxylation is 1. The molecule has 0 saturated carbocycles. The van der Waals surface area contributed by atoms with Crippen LogP contribution in [0, 0.1) is 6.92 Å². The van der Waals surface area contributed by atoms with E-state index in [1.807, 2.05) is 31.2 Å². The van der Waals surface area contributed by atoms with Crippen LogP contribution in [0.2, 0.25) is 0 Å². The Labute approximate surface area is 158 Å². The molecule has 0 aromatic heterocycles. The first-order valence-electron chi connectivity index (χ1n) is 8.99. The molecular formula is C21H23N3O3. The third-order valence-electron chi connectivity index (χ3n) is 4.66. The van der Waals surface area contributed by atoms with Gasteiger partial charge in [-0.3, -0.25) is 14.4 Å². The van der Waals surface area contributed by atoms with Gasteiger partial charge in [0.1, 0.15) is 0 Å². The van der Waals surface area contributed by atoms with Crippen molar-refractivity contribution < 1.29 is 14.4 Å². The lowest BCUT2D eigenvalue weighted by molar-refractivity contribution is -0.119. The SMILES string of the molecule is Cc1cccc(CNC(=O)c2cccc(C(=O)N3CCN(C=O)CC3)c2)c1. The lowest BCUT2D eigenvalue weighted by Crippen LogP contribution is -2.48. The Bertz CT molecular complexity index is 842. The maximum absolute atomic E-state index is 12.7. The molecule has 2 aromatic carbocycles. The van der Waals surface area contributed by atoms with E-state index in [1.165, 1.54) is 0 Å². The minimum Gasteiger partial charge on any atom is -0.348 e. The van der Waals surface area contributed by atoms with E-state index in [2.05, 4.69) is 5.32 Å². The van der Waals surface area contributed by atoms with Crippen molar-refractivity contribution in [1.29, 1.82) is 0 Å². The first-order chi connectivity index (χ1) is 13.1. The molecule has 1 aliphatic heterocycles. The number of hydrogen-bond acceptors (Lipinski definition) is 3. The van der Waals surface area contributed by atoms with Crippen LogP contribution in [0.5, 0.6) is 0 Å². The molecule has 1 aliphatic rings. The molecule has 6 heteroatoms. The van der Waals surface area contributed by atoms with E-state index in [9.17, 15) is 14.4 Å². The molecule has 27 heavy (non-hydrogen) atoms. The highest BCUT2D eigenvalue weighted by Crippen LogP contribution is 2.11. The van der Waals surface area contributed by atoms with Crippen molar-refractivity contribution in [2.75, 3.05) is 26.2 Å². The Balaban J connectivity index is 1.63. The van der Waals surface area contributed by atoms with Gasteiger partial charge in [-0.2, -0.15) is 0 Å². The Morgan fingerprint density at radius 2 is 1.70 bits per heavy atom. The van der Waals surface area contributed by atoms with Crippen LogP contribution >= 0.6 is 0 Å². The van der Waals surface area contributed by atoms with Crippen molar-refractivity contribution in [3.8, 4) is 0 Å². The molecule has 140 valence electrons. The van der Waals surface area contributed by atoms with Gasteiger partial charge in [-0.25, -0.2) is 0 Å². The van der Waals surface area contributed by atoms with E-state index >= 15 is 0 Å². The summed E-state index contributed by atoms with van der Waals surface area (Å²) in [5.41, 5.74) is 3.12. The topological polar surface area (TPSA) is 69.7 Å². The van der Waals surface area contributed by atoms with Crippen molar-refractivity contribution in [3.63, 3.8) is 0 Å². The van der Waals surface area contributed by atoms with Crippen LogP contribution < -0.4 is 5.32 Å². The number of rotatable bonds is 5. The van der Waals surface area contributed by atoms with Gasteiger partial charge in [-0.1, -0.05) is 35.9 Å². The molecule has 1 N–H and O–H groups in total. The molecule has 1 fully saturated rings. The number of benzene rings is 2. The minimum absolute atomic E-state index is 0.117. The standard InChI is InChI=1S/C21H23N3O3/c1-16-4-2-5-17(12-16)14-22-20(26)18-6-3-7-19(13-18)21(27)24-10-8-23(15-25)9-11-24/h2-7,12-13,15H,8-11,14H2,1H3,(H,22,26). The highest BCUT2D eigenvalue weighted by atomic mass is 16.2. The second-order valence-corrected chi connectivity index (χ2v) is 6.69. The maximum Gasteiger partial charge on any atom is 0.253 e. The summed E-state index contributed by atoms with van der Waals surface area (Å²) < 4.78 is 0. The van der Waals surface area contributed by atoms with Gasteiger partial charge in [0.15, 0.2) is 0 Å². The largest absolute Gasteiger partial charge is 0.348 e. The molecule has 0 atom stereocenters. The fourth-order valence-corrected chi connectivity index (χ4v) is 3.11. The van der Waals surface area contributed by atoms with E-state index in [1.54, 1.807) is 34.1 Å². The predicted molar refractivity (Wildman–Crippen MR) is 102 cm³/mol. The molecule has 3 rings (SSSR count). The fraction of sp³-hybridized carbons (Fsp3) is 0.286. The Morgan fingerprint density at radius 3 is 2.41 bits per heavy atom. The molecular weight excluding hydrogens is 342 g/mol. The molecule has 3 amide bonds. The van der Waals surface area contributed by atoms with Crippen LogP contribution in [-0.2, 0) is 11.3 Å². The molecule has 1 heterocycles. The van der Waals surface area contributed by atoms with Crippen molar-refractivity contribution >= 4 is 18.2 Å². The molecule has 0 bridgehead atoms. The van der Waals surface area contributed by atoms with E-state index in [0.717, 1.165) is 17.5 Å². The van der Waals surface area contributed by atoms with Crippen LogP contribution in [0.1, 0.15) is 31.8 Å². The van der Waals surface area contributed by atoms with Gasteiger partial charge in [0.2, 0.25) is 6.41 Å². The summed E-state index contributed by atoms with van der Waals surface area (Å²) in [6, 6.07) is 14.7. The number of amides is 3. The Kier molecular flexibility index (Phi) is 5.86. The molecule has 2 aromatic rings. The summed E-state index contributed by atoms with van der Waals surface area (Å²) in [5.74, 6) is -0.328. The third-order valence-corrected chi connectivity index (χ3v) is 4.66. The summed E-state index contributed by atoms with van der Waals surface area (Å²) in [7, 11) is 0. The van der Waals surface area contributed by atoms with E-state index < -0.39 is 0 Å². The molecule has 1 saturated heterocycles. The lowest BCUT2D eigenvalue weighted by Gasteiger charge is -2.32. The first kappa shape index (κ1) is 18.6. The lowest BCUT2D eigenvalue weighted by atomic mass is 10.1. The fourth-order valence-electron chi connectivity index (χ4n) is 3.11. The third kappa shape index (κ3) is 4.73. The normalized spacial score (nSPS) is 14.0. The van der Waals surface area contributed by atoms with Crippen LogP contribution in [0.3, 0.4) is 0 Å². The summed E-state index contributed by atoms with van der Waals surface area (Å²) in [6.45, 7) is 4.52. The number of hydrogen-bond donors (Lipinski definition) is 1. The number of nitrogens with one attached hydrogen (secondary N) is 1. The molecule has 6 nitrogen and oxygen atoms in total. The van der Waals surface area contributed by atoms with Crippen molar-refractivity contribution in [2.45, 2.75) is 13.5 Å². The van der Waals surface area contributed by atoms with Crippen molar-refractivity contribution in [3.05, 3.63) is 70.8 Å². The number of nitrogens with zero attached hydrogens (tertiary/aromatic N) is 2.